The molecule has 7 nitrogen and oxygen atoms in total. The zero-order chi connectivity index (χ0) is 16.3. The molecule has 0 aromatic heterocycles. The second-order valence-electron chi connectivity index (χ2n) is 5.04. The lowest BCUT2D eigenvalue weighted by atomic mass is 10.2. The molecule has 0 aliphatic carbocycles. The SMILES string of the molecule is CS(=O)(=O)CCS[C@H]1CCN(c2cccc([N+](=O)[O-])c2)C1=O. The third-order valence-corrected chi connectivity index (χ3v) is 5.77. The smallest absolute Gasteiger partial charge is 0.271 e. The van der Waals surface area contributed by atoms with Gasteiger partial charge in [-0.05, 0) is 12.5 Å². The summed E-state index contributed by atoms with van der Waals surface area (Å²) in [4.78, 5) is 24.1. The lowest BCUT2D eigenvalue weighted by Gasteiger charge is -2.16. The maximum Gasteiger partial charge on any atom is 0.271 e. The molecule has 1 saturated heterocycles. The fraction of sp³-hybridized carbons (Fsp3) is 0.462. The molecule has 0 bridgehead atoms. The molecule has 120 valence electrons. The van der Waals surface area contributed by atoms with Crippen molar-refractivity contribution in [3.05, 3.63) is 34.4 Å². The third-order valence-electron chi connectivity index (χ3n) is 3.28. The minimum atomic E-state index is -3.03. The molecule has 22 heavy (non-hydrogen) atoms. The molecule has 0 spiro atoms. The molecular formula is C13H16N2O5S2. The largest absolute Gasteiger partial charge is 0.311 e. The van der Waals surface area contributed by atoms with Gasteiger partial charge < -0.3 is 4.90 Å². The Kier molecular flexibility index (Phi) is 5.07. The fourth-order valence-electron chi connectivity index (χ4n) is 2.18. The van der Waals surface area contributed by atoms with Crippen molar-refractivity contribution >= 4 is 38.9 Å². The minimum Gasteiger partial charge on any atom is -0.311 e. The maximum atomic E-state index is 12.3. The third kappa shape index (κ3) is 4.20. The molecule has 1 aromatic carbocycles. The van der Waals surface area contributed by atoms with E-state index in [1.54, 1.807) is 12.1 Å². The monoisotopic (exact) mass is 344 g/mol. The molecule has 1 fully saturated rings. The summed E-state index contributed by atoms with van der Waals surface area (Å²) < 4.78 is 22.2. The summed E-state index contributed by atoms with van der Waals surface area (Å²) in [6, 6.07) is 5.96. The minimum absolute atomic E-state index is 0.0399. The summed E-state index contributed by atoms with van der Waals surface area (Å²) in [6.07, 6.45) is 1.77. The number of anilines is 1. The number of non-ortho nitro benzene ring substituents is 1. The molecular weight excluding hydrogens is 328 g/mol. The van der Waals surface area contributed by atoms with E-state index in [4.69, 9.17) is 0 Å². The highest BCUT2D eigenvalue weighted by atomic mass is 32.2. The normalized spacial score (nSPS) is 18.7. The fourth-order valence-corrected chi connectivity index (χ4v) is 4.60. The van der Waals surface area contributed by atoms with Gasteiger partial charge in [0.1, 0.15) is 9.84 Å². The predicted molar refractivity (Wildman–Crippen MR) is 86.0 cm³/mol. The van der Waals surface area contributed by atoms with Crippen molar-refractivity contribution in [1.82, 2.24) is 0 Å². The zero-order valence-corrected chi connectivity index (χ0v) is 13.6. The molecule has 0 saturated carbocycles. The van der Waals surface area contributed by atoms with Crippen molar-refractivity contribution in [2.24, 2.45) is 0 Å². The Hall–Kier alpha value is -1.61. The first-order valence-electron chi connectivity index (χ1n) is 6.63. The van der Waals surface area contributed by atoms with Crippen LogP contribution in [0, 0.1) is 10.1 Å². The molecule has 9 heteroatoms. The summed E-state index contributed by atoms with van der Waals surface area (Å²) >= 11 is 1.32. The van der Waals surface area contributed by atoms with Crippen molar-refractivity contribution in [3.63, 3.8) is 0 Å². The lowest BCUT2D eigenvalue weighted by molar-refractivity contribution is -0.384. The maximum absolute atomic E-state index is 12.3. The van der Waals surface area contributed by atoms with Gasteiger partial charge in [0, 0.05) is 30.7 Å². The van der Waals surface area contributed by atoms with Gasteiger partial charge in [0.25, 0.3) is 5.69 Å². The number of sulfone groups is 1. The molecule has 1 aromatic rings. The first-order valence-corrected chi connectivity index (χ1v) is 9.74. The van der Waals surface area contributed by atoms with E-state index in [0.717, 1.165) is 0 Å². The average Bonchev–Trinajstić information content (AvgIpc) is 2.79. The standard InChI is InChI=1S/C13H16N2O5S2/c1-22(19,20)8-7-21-12-5-6-14(13(12)16)10-3-2-4-11(9-10)15(17)18/h2-4,9,12H,5-8H2,1H3/t12-/m0/s1. The number of amides is 1. The average molecular weight is 344 g/mol. The first kappa shape index (κ1) is 16.8. The van der Waals surface area contributed by atoms with Crippen molar-refractivity contribution in [3.8, 4) is 0 Å². The van der Waals surface area contributed by atoms with Crippen LogP contribution in [0.1, 0.15) is 6.42 Å². The summed E-state index contributed by atoms with van der Waals surface area (Å²) in [5.74, 6) is 0.287. The molecule has 1 aliphatic heterocycles. The summed E-state index contributed by atoms with van der Waals surface area (Å²) in [6.45, 7) is 0.483. The molecule has 0 unspecified atom stereocenters. The van der Waals surface area contributed by atoms with E-state index in [0.29, 0.717) is 24.4 Å². The molecule has 1 aliphatic rings. The van der Waals surface area contributed by atoms with E-state index < -0.39 is 14.8 Å². The van der Waals surface area contributed by atoms with Crippen molar-refractivity contribution in [2.45, 2.75) is 11.7 Å². The summed E-state index contributed by atoms with van der Waals surface area (Å²) in [5.41, 5.74) is 0.448. The van der Waals surface area contributed by atoms with Gasteiger partial charge in [0.2, 0.25) is 5.91 Å². The van der Waals surface area contributed by atoms with Crippen LogP contribution in [0.3, 0.4) is 0 Å². The highest BCUT2D eigenvalue weighted by Crippen LogP contribution is 2.30. The van der Waals surface area contributed by atoms with Gasteiger partial charge in [0.05, 0.1) is 21.6 Å². The topological polar surface area (TPSA) is 97.6 Å². The second-order valence-corrected chi connectivity index (χ2v) is 8.62. The van der Waals surface area contributed by atoms with E-state index in [1.165, 1.54) is 35.1 Å². The van der Waals surface area contributed by atoms with Gasteiger partial charge in [0.15, 0.2) is 0 Å². The van der Waals surface area contributed by atoms with Crippen LogP contribution >= 0.6 is 11.8 Å². The summed E-state index contributed by atoms with van der Waals surface area (Å²) in [5, 5.41) is 10.5. The molecule has 0 N–H and O–H groups in total. The van der Waals surface area contributed by atoms with E-state index in [9.17, 15) is 23.3 Å². The van der Waals surface area contributed by atoms with Crippen LogP contribution in [0.5, 0.6) is 0 Å². The number of nitro benzene ring substituents is 1. The second kappa shape index (κ2) is 6.66. The predicted octanol–water partition coefficient (Wildman–Crippen LogP) is 1.48. The number of benzene rings is 1. The Bertz CT molecular complexity index is 689. The van der Waals surface area contributed by atoms with Crippen LogP contribution in [-0.4, -0.2) is 48.8 Å². The van der Waals surface area contributed by atoms with Gasteiger partial charge in [-0.25, -0.2) is 8.42 Å². The number of nitrogens with zero attached hydrogens (tertiary/aromatic N) is 2. The number of thioether (sulfide) groups is 1. The van der Waals surface area contributed by atoms with Crippen LogP contribution in [0.15, 0.2) is 24.3 Å². The molecule has 1 atom stereocenters. The molecule has 1 amide bonds. The molecule has 1 heterocycles. The lowest BCUT2D eigenvalue weighted by Crippen LogP contribution is -2.28. The highest BCUT2D eigenvalue weighted by Gasteiger charge is 2.33. The van der Waals surface area contributed by atoms with Gasteiger partial charge in [-0.3, -0.25) is 14.9 Å². The molecule has 0 radical (unpaired) electrons. The van der Waals surface area contributed by atoms with Crippen LogP contribution in [0.4, 0.5) is 11.4 Å². The van der Waals surface area contributed by atoms with Crippen molar-refractivity contribution in [2.75, 3.05) is 29.2 Å². The van der Waals surface area contributed by atoms with Crippen LogP contribution < -0.4 is 4.90 Å². The van der Waals surface area contributed by atoms with E-state index in [-0.39, 0.29) is 22.6 Å². The van der Waals surface area contributed by atoms with Crippen LogP contribution in [0.2, 0.25) is 0 Å². The summed E-state index contributed by atoms with van der Waals surface area (Å²) in [7, 11) is -3.03. The number of nitro groups is 1. The number of hydrogen-bond acceptors (Lipinski definition) is 6. The first-order chi connectivity index (χ1) is 10.3. The van der Waals surface area contributed by atoms with Crippen LogP contribution in [-0.2, 0) is 14.6 Å². The Morgan fingerprint density at radius 1 is 1.45 bits per heavy atom. The number of carbonyl (C=O) groups is 1. The zero-order valence-electron chi connectivity index (χ0n) is 12.0. The molecule has 2 rings (SSSR count). The van der Waals surface area contributed by atoms with Gasteiger partial charge in [-0.15, -0.1) is 11.8 Å². The van der Waals surface area contributed by atoms with Gasteiger partial charge in [-0.2, -0.15) is 0 Å². The van der Waals surface area contributed by atoms with Crippen molar-refractivity contribution in [1.29, 1.82) is 0 Å². The Morgan fingerprint density at radius 3 is 2.82 bits per heavy atom. The van der Waals surface area contributed by atoms with E-state index in [2.05, 4.69) is 0 Å². The van der Waals surface area contributed by atoms with E-state index in [1.807, 2.05) is 0 Å². The highest BCUT2D eigenvalue weighted by molar-refractivity contribution is 8.01. The quantitative estimate of drug-likeness (QED) is 0.573. The number of rotatable bonds is 6. The van der Waals surface area contributed by atoms with Gasteiger partial charge >= 0.3 is 0 Å². The van der Waals surface area contributed by atoms with E-state index >= 15 is 0 Å². The van der Waals surface area contributed by atoms with Crippen molar-refractivity contribution < 1.29 is 18.1 Å². The Labute approximate surface area is 132 Å². The van der Waals surface area contributed by atoms with Gasteiger partial charge in [-0.1, -0.05) is 6.07 Å². The van der Waals surface area contributed by atoms with Crippen LogP contribution in [0.25, 0.3) is 0 Å². The number of hydrogen-bond donors (Lipinski definition) is 0. The Balaban J connectivity index is 2.02. The number of carbonyl (C=O) groups excluding carboxylic acids is 1. The Morgan fingerprint density at radius 2 is 2.18 bits per heavy atom.